The first-order valence-corrected chi connectivity index (χ1v) is 12.6. The average Bonchev–Trinajstić information content (AvgIpc) is 3.37. The Morgan fingerprint density at radius 3 is 2.77 bits per heavy atom. The minimum absolute atomic E-state index is 0.134. The van der Waals surface area contributed by atoms with Crippen molar-refractivity contribution in [2.45, 2.75) is 57.0 Å². The van der Waals surface area contributed by atoms with Crippen LogP contribution in [0.2, 0.25) is 0 Å². The van der Waals surface area contributed by atoms with Crippen LogP contribution in [0.5, 0.6) is 5.75 Å². The zero-order valence-corrected chi connectivity index (χ0v) is 20.0. The molecule has 1 atom stereocenters. The molecule has 0 spiro atoms. The highest BCUT2D eigenvalue weighted by molar-refractivity contribution is 9.10. The van der Waals surface area contributed by atoms with E-state index >= 15 is 0 Å². The summed E-state index contributed by atoms with van der Waals surface area (Å²) >= 11 is 3.39. The molecular formula is C20H27BrN4O5S. The molecular weight excluding hydrogens is 488 g/mol. The first-order valence-electron chi connectivity index (χ1n) is 10.4. The Hall–Kier alpha value is -1.53. The second kappa shape index (κ2) is 9.53. The van der Waals surface area contributed by atoms with Gasteiger partial charge in [0.1, 0.15) is 17.3 Å². The summed E-state index contributed by atoms with van der Waals surface area (Å²) in [7, 11) is -3.77. The molecule has 31 heavy (non-hydrogen) atoms. The SMILES string of the molecule is CC(C)C[C@@H]1COc2cc(Br)ccc2S(=O)(=O)N1Cc1cn(CCC2OCCO2)nn1. The van der Waals surface area contributed by atoms with E-state index in [1.807, 2.05) is 0 Å². The number of aryl methyl sites for hydroxylation is 1. The molecule has 1 aromatic heterocycles. The molecule has 9 nitrogen and oxygen atoms in total. The molecule has 1 aromatic carbocycles. The van der Waals surface area contributed by atoms with E-state index in [1.165, 1.54) is 4.31 Å². The van der Waals surface area contributed by atoms with Gasteiger partial charge in [0.25, 0.3) is 0 Å². The zero-order chi connectivity index (χ0) is 22.0. The molecule has 11 heteroatoms. The van der Waals surface area contributed by atoms with E-state index in [0.29, 0.717) is 50.0 Å². The molecule has 2 aromatic rings. The Morgan fingerprint density at radius 2 is 2.03 bits per heavy atom. The van der Waals surface area contributed by atoms with Crippen molar-refractivity contribution in [1.82, 2.24) is 19.3 Å². The number of sulfonamides is 1. The van der Waals surface area contributed by atoms with Gasteiger partial charge in [0.2, 0.25) is 10.0 Å². The van der Waals surface area contributed by atoms with Crippen molar-refractivity contribution in [3.8, 4) is 5.75 Å². The van der Waals surface area contributed by atoms with Gasteiger partial charge >= 0.3 is 0 Å². The number of hydrogen-bond donors (Lipinski definition) is 0. The van der Waals surface area contributed by atoms with Gasteiger partial charge in [0.05, 0.1) is 31.5 Å². The second-order valence-corrected chi connectivity index (χ2v) is 10.9. The maximum absolute atomic E-state index is 13.6. The number of rotatable bonds is 7. The van der Waals surface area contributed by atoms with Gasteiger partial charge in [0.15, 0.2) is 6.29 Å². The highest BCUT2D eigenvalue weighted by atomic mass is 79.9. The highest BCUT2D eigenvalue weighted by Crippen LogP contribution is 2.35. The van der Waals surface area contributed by atoms with E-state index in [1.54, 1.807) is 29.1 Å². The highest BCUT2D eigenvalue weighted by Gasteiger charge is 2.38. The Labute approximate surface area is 190 Å². The van der Waals surface area contributed by atoms with Crippen molar-refractivity contribution in [2.75, 3.05) is 19.8 Å². The first kappa shape index (κ1) is 22.7. The van der Waals surface area contributed by atoms with Gasteiger partial charge in [-0.3, -0.25) is 4.68 Å². The van der Waals surface area contributed by atoms with Crippen LogP contribution >= 0.6 is 15.9 Å². The lowest BCUT2D eigenvalue weighted by atomic mass is 10.0. The number of aromatic nitrogens is 3. The Balaban J connectivity index is 1.56. The van der Waals surface area contributed by atoms with Gasteiger partial charge in [-0.1, -0.05) is 35.0 Å². The lowest BCUT2D eigenvalue weighted by molar-refractivity contribution is -0.0496. The van der Waals surface area contributed by atoms with Gasteiger partial charge in [-0.15, -0.1) is 5.10 Å². The largest absolute Gasteiger partial charge is 0.490 e. The van der Waals surface area contributed by atoms with E-state index in [4.69, 9.17) is 14.2 Å². The van der Waals surface area contributed by atoms with Crippen LogP contribution in [-0.4, -0.2) is 59.9 Å². The third-order valence-electron chi connectivity index (χ3n) is 5.26. The summed E-state index contributed by atoms with van der Waals surface area (Å²) < 4.78 is 48.0. The fraction of sp³-hybridized carbons (Fsp3) is 0.600. The summed E-state index contributed by atoms with van der Waals surface area (Å²) in [5.74, 6) is 0.673. The van der Waals surface area contributed by atoms with E-state index in [-0.39, 0.29) is 30.4 Å². The van der Waals surface area contributed by atoms with Crippen molar-refractivity contribution in [1.29, 1.82) is 0 Å². The standard InChI is InChI=1S/C20H27BrN4O5S/c1-14(2)9-17-13-30-18-10-15(21)3-4-19(18)31(26,27)25(17)12-16-11-24(23-22-16)6-5-20-28-7-8-29-20/h3-4,10-11,14,17,20H,5-9,12-13H2,1-2H3/t17-/m1/s1. The summed E-state index contributed by atoms with van der Waals surface area (Å²) in [4.78, 5) is 0.171. The van der Waals surface area contributed by atoms with Crippen LogP contribution in [0.15, 0.2) is 33.8 Å². The minimum atomic E-state index is -3.77. The van der Waals surface area contributed by atoms with Crippen LogP contribution in [0.1, 0.15) is 32.4 Å². The molecule has 0 amide bonds. The van der Waals surface area contributed by atoms with E-state index in [0.717, 1.165) is 4.47 Å². The van der Waals surface area contributed by atoms with Crippen molar-refractivity contribution >= 4 is 26.0 Å². The number of halogens is 1. The fourth-order valence-corrected chi connectivity index (χ4v) is 5.88. The molecule has 2 aliphatic heterocycles. The predicted octanol–water partition coefficient (Wildman–Crippen LogP) is 2.80. The Bertz CT molecular complexity index is 1010. The smallest absolute Gasteiger partial charge is 0.247 e. The topological polar surface area (TPSA) is 95.8 Å². The quantitative estimate of drug-likeness (QED) is 0.560. The van der Waals surface area contributed by atoms with Gasteiger partial charge in [-0.25, -0.2) is 8.42 Å². The minimum Gasteiger partial charge on any atom is -0.490 e. The van der Waals surface area contributed by atoms with E-state index in [9.17, 15) is 8.42 Å². The van der Waals surface area contributed by atoms with Crippen molar-refractivity contribution in [3.63, 3.8) is 0 Å². The maximum Gasteiger partial charge on any atom is 0.247 e. The average molecular weight is 515 g/mol. The molecule has 170 valence electrons. The normalized spacial score (nSPS) is 21.7. The van der Waals surface area contributed by atoms with E-state index < -0.39 is 10.0 Å². The van der Waals surface area contributed by atoms with Gasteiger partial charge < -0.3 is 14.2 Å². The first-order chi connectivity index (χ1) is 14.8. The lowest BCUT2D eigenvalue weighted by Crippen LogP contribution is -2.42. The molecule has 0 bridgehead atoms. The van der Waals surface area contributed by atoms with Crippen molar-refractivity contribution in [3.05, 3.63) is 34.6 Å². The Kier molecular flexibility index (Phi) is 6.97. The summed E-state index contributed by atoms with van der Waals surface area (Å²) in [6.07, 6.45) is 2.91. The van der Waals surface area contributed by atoms with Gasteiger partial charge in [-0.05, 0) is 30.5 Å². The summed E-state index contributed by atoms with van der Waals surface area (Å²) in [5, 5.41) is 8.36. The van der Waals surface area contributed by atoms with Crippen molar-refractivity contribution < 1.29 is 22.6 Å². The second-order valence-electron chi connectivity index (χ2n) is 8.17. The number of nitrogens with zero attached hydrogens (tertiary/aromatic N) is 4. The molecule has 0 saturated carbocycles. The molecule has 3 heterocycles. The lowest BCUT2D eigenvalue weighted by Gasteiger charge is -2.28. The van der Waals surface area contributed by atoms with Crippen LogP contribution in [0.3, 0.4) is 0 Å². The van der Waals surface area contributed by atoms with Gasteiger partial charge in [-0.2, -0.15) is 4.31 Å². The zero-order valence-electron chi connectivity index (χ0n) is 17.6. The maximum atomic E-state index is 13.6. The van der Waals surface area contributed by atoms with Crippen LogP contribution in [0.25, 0.3) is 0 Å². The number of ether oxygens (including phenoxy) is 3. The van der Waals surface area contributed by atoms with E-state index in [2.05, 4.69) is 40.1 Å². The molecule has 0 radical (unpaired) electrons. The molecule has 0 aliphatic carbocycles. The fourth-order valence-electron chi connectivity index (χ4n) is 3.83. The molecule has 0 N–H and O–H groups in total. The summed E-state index contributed by atoms with van der Waals surface area (Å²) in [6.45, 7) is 6.36. The molecule has 2 aliphatic rings. The van der Waals surface area contributed by atoms with Crippen LogP contribution in [0.4, 0.5) is 0 Å². The van der Waals surface area contributed by atoms with Crippen molar-refractivity contribution in [2.24, 2.45) is 5.92 Å². The van der Waals surface area contributed by atoms with Crippen LogP contribution in [-0.2, 0) is 32.6 Å². The van der Waals surface area contributed by atoms with Gasteiger partial charge in [0, 0.05) is 23.6 Å². The van der Waals surface area contributed by atoms with Crippen LogP contribution < -0.4 is 4.74 Å². The number of fused-ring (bicyclic) bond motifs is 1. The number of benzene rings is 1. The molecule has 1 fully saturated rings. The third kappa shape index (κ3) is 5.28. The third-order valence-corrected chi connectivity index (χ3v) is 7.69. The summed E-state index contributed by atoms with van der Waals surface area (Å²) in [5.41, 5.74) is 0.589. The molecule has 4 rings (SSSR count). The Morgan fingerprint density at radius 1 is 1.26 bits per heavy atom. The number of hydrogen-bond acceptors (Lipinski definition) is 7. The molecule has 0 unspecified atom stereocenters. The summed E-state index contributed by atoms with van der Waals surface area (Å²) in [6, 6.07) is 4.69. The van der Waals surface area contributed by atoms with Crippen LogP contribution in [0, 0.1) is 5.92 Å². The predicted molar refractivity (Wildman–Crippen MR) is 116 cm³/mol. The monoisotopic (exact) mass is 514 g/mol. The molecule has 1 saturated heterocycles.